The third kappa shape index (κ3) is 4.15. The number of esters is 1. The number of para-hydroxylation sites is 1. The Bertz CT molecular complexity index is 1100. The maximum Gasteiger partial charge on any atom is 0.309 e. The van der Waals surface area contributed by atoms with Crippen LogP contribution in [0.25, 0.3) is 10.9 Å². The van der Waals surface area contributed by atoms with Gasteiger partial charge in [-0.2, -0.15) is 0 Å². The Balaban J connectivity index is 1.70. The summed E-state index contributed by atoms with van der Waals surface area (Å²) in [6, 6.07) is 10.8. The molecule has 3 rings (SSSR count). The molecule has 0 saturated carbocycles. The zero-order valence-corrected chi connectivity index (χ0v) is 14.8. The van der Waals surface area contributed by atoms with Crippen molar-refractivity contribution in [3.05, 3.63) is 75.5 Å². The van der Waals surface area contributed by atoms with E-state index in [0.29, 0.717) is 10.9 Å². The van der Waals surface area contributed by atoms with Crippen LogP contribution in [-0.2, 0) is 16.1 Å². The smallest absolute Gasteiger partial charge is 0.309 e. The molecule has 0 saturated heterocycles. The highest BCUT2D eigenvalue weighted by Gasteiger charge is 2.18. The zero-order valence-electron chi connectivity index (χ0n) is 14.1. The molecule has 2 aromatic carbocycles. The number of hydrogen-bond donors (Lipinski definition) is 0. The summed E-state index contributed by atoms with van der Waals surface area (Å²) in [5, 5.41) is 0.666. The van der Waals surface area contributed by atoms with E-state index in [4.69, 9.17) is 22.8 Å². The van der Waals surface area contributed by atoms with Gasteiger partial charge in [0.05, 0.1) is 23.7 Å². The molecule has 136 valence electrons. The Morgan fingerprint density at radius 1 is 1.33 bits per heavy atom. The molecule has 0 aliphatic rings. The maximum atomic E-state index is 14.0. The largest absolute Gasteiger partial charge is 0.444 e. The van der Waals surface area contributed by atoms with Crippen molar-refractivity contribution in [3.8, 4) is 12.3 Å². The number of ether oxygens (including phenoxy) is 1. The van der Waals surface area contributed by atoms with Gasteiger partial charge in [0.1, 0.15) is 5.82 Å². The van der Waals surface area contributed by atoms with Crippen LogP contribution in [0.3, 0.4) is 0 Å². The lowest BCUT2D eigenvalue weighted by Crippen LogP contribution is -2.23. The Labute approximate surface area is 159 Å². The molecule has 1 aromatic heterocycles. The molecule has 0 aliphatic heterocycles. The lowest BCUT2D eigenvalue weighted by molar-refractivity contribution is -0.147. The van der Waals surface area contributed by atoms with Crippen LogP contribution in [0.2, 0.25) is 5.02 Å². The minimum absolute atomic E-state index is 0.0415. The van der Waals surface area contributed by atoms with Gasteiger partial charge in [0.25, 0.3) is 5.56 Å². The van der Waals surface area contributed by atoms with E-state index in [0.717, 1.165) is 6.07 Å². The minimum atomic E-state index is -1.18. The van der Waals surface area contributed by atoms with E-state index in [1.54, 1.807) is 24.3 Å². The summed E-state index contributed by atoms with van der Waals surface area (Å²) in [5.74, 6) is 0.917. The number of nitrogens with zero attached hydrogens (tertiary/aromatic N) is 2. The molecule has 3 aromatic rings. The summed E-state index contributed by atoms with van der Waals surface area (Å²) < 4.78 is 20.4. The maximum absolute atomic E-state index is 14.0. The Hall–Kier alpha value is -3.17. The van der Waals surface area contributed by atoms with Gasteiger partial charge in [-0.25, -0.2) is 9.37 Å². The van der Waals surface area contributed by atoms with Gasteiger partial charge in [-0.1, -0.05) is 29.7 Å². The average molecular weight is 385 g/mol. The first-order valence-electron chi connectivity index (χ1n) is 8.04. The minimum Gasteiger partial charge on any atom is -0.444 e. The van der Waals surface area contributed by atoms with Crippen molar-refractivity contribution >= 4 is 28.5 Å². The third-order valence-corrected chi connectivity index (χ3v) is 4.17. The average Bonchev–Trinajstić information content (AvgIpc) is 2.66. The molecule has 0 unspecified atom stereocenters. The number of fused-ring (bicyclic) bond motifs is 1. The van der Waals surface area contributed by atoms with Crippen molar-refractivity contribution in [2.45, 2.75) is 19.1 Å². The summed E-state index contributed by atoms with van der Waals surface area (Å²) >= 11 is 5.71. The summed E-state index contributed by atoms with van der Waals surface area (Å²) in [4.78, 5) is 28.7. The molecule has 0 radical (unpaired) electrons. The normalized spacial score (nSPS) is 11.7. The predicted octanol–water partition coefficient (Wildman–Crippen LogP) is 3.50. The van der Waals surface area contributed by atoms with E-state index in [2.05, 4.69) is 10.9 Å². The lowest BCUT2D eigenvalue weighted by atomic mass is 10.1. The van der Waals surface area contributed by atoms with Crippen LogP contribution >= 0.6 is 11.6 Å². The molecule has 0 aliphatic carbocycles. The molecular formula is C20H14ClFN2O3. The topological polar surface area (TPSA) is 61.2 Å². The van der Waals surface area contributed by atoms with Crippen molar-refractivity contribution in [1.29, 1.82) is 0 Å². The first-order valence-corrected chi connectivity index (χ1v) is 8.42. The highest BCUT2D eigenvalue weighted by molar-refractivity contribution is 6.30. The standard InChI is InChI=1S/C20H14ClFN2O3/c1-2-18(14-8-7-13(21)11-16(14)22)27-19(25)9-10-24-12-23-17-6-4-3-5-15(17)20(24)26/h1,3-8,11-12,18H,9-10H2/t18-/m0/s1. The molecule has 1 atom stereocenters. The van der Waals surface area contributed by atoms with Crippen molar-refractivity contribution < 1.29 is 13.9 Å². The van der Waals surface area contributed by atoms with Gasteiger partial charge in [0.15, 0.2) is 6.10 Å². The fourth-order valence-corrected chi connectivity index (χ4v) is 2.73. The fraction of sp³-hybridized carbons (Fsp3) is 0.150. The molecule has 0 amide bonds. The Morgan fingerprint density at radius 3 is 2.85 bits per heavy atom. The fourth-order valence-electron chi connectivity index (χ4n) is 2.57. The predicted molar refractivity (Wildman–Crippen MR) is 99.7 cm³/mol. The van der Waals surface area contributed by atoms with Crippen molar-refractivity contribution in [3.63, 3.8) is 0 Å². The molecule has 1 heterocycles. The van der Waals surface area contributed by atoms with Crippen LogP contribution in [0.15, 0.2) is 53.6 Å². The van der Waals surface area contributed by atoms with E-state index in [9.17, 15) is 14.0 Å². The van der Waals surface area contributed by atoms with Crippen LogP contribution in [0.1, 0.15) is 18.1 Å². The molecule has 0 N–H and O–H groups in total. The van der Waals surface area contributed by atoms with Gasteiger partial charge in [0, 0.05) is 17.1 Å². The number of carbonyl (C=O) groups excluding carboxylic acids is 1. The number of benzene rings is 2. The highest BCUT2D eigenvalue weighted by atomic mass is 35.5. The molecule has 7 heteroatoms. The lowest BCUT2D eigenvalue weighted by Gasteiger charge is -2.14. The van der Waals surface area contributed by atoms with Crippen LogP contribution in [0.5, 0.6) is 0 Å². The van der Waals surface area contributed by atoms with Crippen molar-refractivity contribution in [2.75, 3.05) is 0 Å². The second-order valence-electron chi connectivity index (χ2n) is 5.71. The van der Waals surface area contributed by atoms with Gasteiger partial charge >= 0.3 is 5.97 Å². The van der Waals surface area contributed by atoms with Crippen molar-refractivity contribution in [1.82, 2.24) is 9.55 Å². The third-order valence-electron chi connectivity index (χ3n) is 3.93. The van der Waals surface area contributed by atoms with Crippen LogP contribution in [0, 0.1) is 18.2 Å². The summed E-state index contributed by atoms with van der Waals surface area (Å²) in [6.07, 6.45) is 5.43. The van der Waals surface area contributed by atoms with Gasteiger partial charge in [-0.05, 0) is 30.3 Å². The van der Waals surface area contributed by atoms with E-state index in [1.165, 1.54) is 23.0 Å². The monoisotopic (exact) mass is 384 g/mol. The molecule has 0 fully saturated rings. The van der Waals surface area contributed by atoms with E-state index in [-0.39, 0.29) is 29.1 Å². The summed E-state index contributed by atoms with van der Waals surface area (Å²) in [7, 11) is 0. The first kappa shape index (κ1) is 18.6. The first-order chi connectivity index (χ1) is 13.0. The van der Waals surface area contributed by atoms with Gasteiger partial charge in [-0.3, -0.25) is 14.2 Å². The Kier molecular flexibility index (Phi) is 5.53. The number of terminal acetylenes is 1. The van der Waals surface area contributed by atoms with Crippen molar-refractivity contribution in [2.24, 2.45) is 0 Å². The van der Waals surface area contributed by atoms with E-state index in [1.807, 2.05) is 0 Å². The summed E-state index contributed by atoms with van der Waals surface area (Å²) in [6.45, 7) is 0.0654. The van der Waals surface area contributed by atoms with Gasteiger partial charge < -0.3 is 4.74 Å². The zero-order chi connectivity index (χ0) is 19.4. The molecule has 27 heavy (non-hydrogen) atoms. The molecular weight excluding hydrogens is 371 g/mol. The summed E-state index contributed by atoms with van der Waals surface area (Å²) in [5.41, 5.74) is 0.359. The second-order valence-corrected chi connectivity index (χ2v) is 6.15. The number of aromatic nitrogens is 2. The number of halogens is 2. The number of rotatable bonds is 5. The van der Waals surface area contributed by atoms with Gasteiger partial charge in [0.2, 0.25) is 0 Å². The molecule has 0 spiro atoms. The quantitative estimate of drug-likeness (QED) is 0.499. The molecule has 5 nitrogen and oxygen atoms in total. The van der Waals surface area contributed by atoms with Crippen LogP contribution in [0.4, 0.5) is 4.39 Å². The van der Waals surface area contributed by atoms with Gasteiger partial charge in [-0.15, -0.1) is 6.42 Å². The Morgan fingerprint density at radius 2 is 2.11 bits per heavy atom. The van der Waals surface area contributed by atoms with Crippen LogP contribution in [-0.4, -0.2) is 15.5 Å². The number of carbonyl (C=O) groups is 1. The van der Waals surface area contributed by atoms with E-state index >= 15 is 0 Å². The second kappa shape index (κ2) is 8.02. The highest BCUT2D eigenvalue weighted by Crippen LogP contribution is 2.23. The number of hydrogen-bond acceptors (Lipinski definition) is 4. The molecule has 0 bridgehead atoms. The number of aryl methyl sites for hydroxylation is 1. The SMILES string of the molecule is C#C[C@H](OC(=O)CCn1cnc2ccccc2c1=O)c1ccc(Cl)cc1F. The van der Waals surface area contributed by atoms with Crippen LogP contribution < -0.4 is 5.56 Å². The van der Waals surface area contributed by atoms with E-state index < -0.39 is 17.9 Å².